The van der Waals surface area contributed by atoms with Gasteiger partial charge in [-0.25, -0.2) is 0 Å². The third-order valence-corrected chi connectivity index (χ3v) is 0. The van der Waals surface area contributed by atoms with Crippen molar-refractivity contribution in [1.29, 1.82) is 0 Å². The van der Waals surface area contributed by atoms with E-state index in [1.165, 1.54) is 0 Å². The number of hydrogen-bond donors (Lipinski definition) is 0. The van der Waals surface area contributed by atoms with Crippen LogP contribution < -0.4 is 0 Å². The summed E-state index contributed by atoms with van der Waals surface area (Å²) >= 11 is 0. The SMILES string of the molecule is P.[Ca].[Fe].[K].[Mg].[Si]. The molecule has 0 spiro atoms. The summed E-state index contributed by atoms with van der Waals surface area (Å²) in [4.78, 5) is 0. The van der Waals surface area contributed by atoms with E-state index in [2.05, 4.69) is 0 Å². The Morgan fingerprint density at radius 3 is 1.00 bits per heavy atom. The van der Waals surface area contributed by atoms with Crippen molar-refractivity contribution in [2.75, 3.05) is 0 Å². The second-order valence-electron chi connectivity index (χ2n) is 0. The van der Waals surface area contributed by atoms with E-state index in [1.807, 2.05) is 0 Å². The Balaban J connectivity index is 0. The predicted molar refractivity (Wildman–Crippen MR) is 34.1 cm³/mol. The molecule has 0 aliphatic carbocycles. The molecule has 1 atom stereocenters. The van der Waals surface area contributed by atoms with Crippen molar-refractivity contribution in [3.63, 3.8) is 0 Å². The second kappa shape index (κ2) is 32.9. The van der Waals surface area contributed by atoms with Crippen molar-refractivity contribution in [2.45, 2.75) is 0 Å². The molecule has 0 saturated carbocycles. The van der Waals surface area contributed by atoms with Gasteiger partial charge in [-0.05, 0) is 0 Å². The Morgan fingerprint density at radius 2 is 1.00 bits per heavy atom. The van der Waals surface area contributed by atoms with Crippen molar-refractivity contribution in [3.8, 4) is 0 Å². The largest absolute Gasteiger partial charge is 0.153 e. The molecule has 6 heavy (non-hydrogen) atoms. The zero-order chi connectivity index (χ0) is 0. The van der Waals surface area contributed by atoms with Crippen LogP contribution in [0.15, 0.2) is 0 Å². The van der Waals surface area contributed by atoms with E-state index in [0.717, 1.165) is 0 Å². The van der Waals surface area contributed by atoms with Crippen molar-refractivity contribution in [3.05, 3.63) is 0 Å². The number of rotatable bonds is 0. The summed E-state index contributed by atoms with van der Waals surface area (Å²) in [6.45, 7) is 0. The molecule has 0 N–H and O–H groups in total. The van der Waals surface area contributed by atoms with E-state index < -0.39 is 0 Å². The second-order valence-corrected chi connectivity index (χ2v) is 0. The van der Waals surface area contributed by atoms with E-state index in [9.17, 15) is 0 Å². The van der Waals surface area contributed by atoms with Crippen LogP contribution in [0.4, 0.5) is 0 Å². The first-order valence-electron chi connectivity index (χ1n) is 0. The third-order valence-electron chi connectivity index (χ3n) is 0. The average molecular weight is 221 g/mol. The Labute approximate surface area is 146 Å². The summed E-state index contributed by atoms with van der Waals surface area (Å²) in [5, 5.41) is 0. The molecule has 0 rings (SSSR count). The van der Waals surface area contributed by atoms with E-state index in [-0.39, 0.29) is 150 Å². The molecule has 9 radical (unpaired) electrons. The van der Waals surface area contributed by atoms with Gasteiger partial charge in [-0.1, -0.05) is 0 Å². The van der Waals surface area contributed by atoms with Crippen LogP contribution in [0.2, 0.25) is 0 Å². The minimum atomic E-state index is 0. The molecule has 0 nitrogen and oxygen atoms in total. The van der Waals surface area contributed by atoms with Gasteiger partial charge in [0.05, 0.1) is 0 Å². The minimum absolute atomic E-state index is 0. The van der Waals surface area contributed by atoms with E-state index in [1.54, 1.807) is 0 Å². The maximum Gasteiger partial charge on any atom is 0 e. The van der Waals surface area contributed by atoms with Crippen LogP contribution in [0.5, 0.6) is 0 Å². The van der Waals surface area contributed by atoms with Crippen LogP contribution in [-0.2, 0) is 17.1 Å². The van der Waals surface area contributed by atoms with Gasteiger partial charge < -0.3 is 0 Å². The third kappa shape index (κ3) is 23.2. The molecule has 0 fully saturated rings. The first-order valence-corrected chi connectivity index (χ1v) is 0. The molecule has 0 bridgehead atoms. The fourth-order valence-corrected chi connectivity index (χ4v) is 0. The van der Waals surface area contributed by atoms with Crippen LogP contribution >= 0.6 is 9.90 Å². The average Bonchev–Trinajstić information content (AvgIpc) is 0. The Hall–Kier alpha value is 4.83. The normalized spacial score (nSPS) is 0. The fraction of sp³-hybridized carbons (Fsp3) is 0. The summed E-state index contributed by atoms with van der Waals surface area (Å²) in [6.07, 6.45) is 0. The van der Waals surface area contributed by atoms with Gasteiger partial charge in [-0.2, -0.15) is 9.90 Å². The van der Waals surface area contributed by atoms with E-state index in [0.29, 0.717) is 0 Å². The predicted octanol–water partition coefficient (Wildman–Crippen LogP) is -1.47. The van der Waals surface area contributed by atoms with Gasteiger partial charge in [-0.3, -0.25) is 0 Å². The molecular weight excluding hydrogens is 218 g/mol. The molecule has 0 saturated heterocycles. The molecule has 0 heterocycles. The monoisotopic (exact) mass is 221 g/mol. The quantitative estimate of drug-likeness (QED) is 0.346. The van der Waals surface area contributed by atoms with Crippen molar-refractivity contribution in [2.24, 2.45) is 0 Å². The number of hydrogen-bond acceptors (Lipinski definition) is 0. The van der Waals surface area contributed by atoms with Crippen molar-refractivity contribution in [1.82, 2.24) is 0 Å². The topological polar surface area (TPSA) is 0 Å². The van der Waals surface area contributed by atoms with Gasteiger partial charge in [0.2, 0.25) is 0 Å². The molecule has 1 unspecified atom stereocenters. The van der Waals surface area contributed by atoms with Gasteiger partial charge in [0, 0.05) is 140 Å². The molecule has 0 amide bonds. The summed E-state index contributed by atoms with van der Waals surface area (Å²) < 4.78 is 0. The smallest absolute Gasteiger partial charge is 0 e. The fourth-order valence-electron chi connectivity index (χ4n) is 0. The summed E-state index contributed by atoms with van der Waals surface area (Å²) in [7, 11) is 0. The maximum absolute atomic E-state index is 0. The molecule has 0 aromatic heterocycles. The Kier molecular flexibility index (Phi) is 246. The minimum Gasteiger partial charge on any atom is -0.153 e. The maximum atomic E-state index is 0. The summed E-state index contributed by atoms with van der Waals surface area (Å²) in [5.74, 6) is 0. The standard InChI is InChI=1S/Ca.Fe.K.Mg.H3P.Si/h;;;;1H3;. The van der Waals surface area contributed by atoms with Crippen molar-refractivity contribution < 1.29 is 17.1 Å². The Bertz CT molecular complexity index is 15.5. The molecule has 0 aromatic rings. The van der Waals surface area contributed by atoms with Crippen molar-refractivity contribution >= 4 is 133 Å². The van der Waals surface area contributed by atoms with Gasteiger partial charge in [0.25, 0.3) is 0 Å². The van der Waals surface area contributed by atoms with Crippen LogP contribution in [0.25, 0.3) is 0 Å². The van der Waals surface area contributed by atoms with Crippen LogP contribution in [0.1, 0.15) is 0 Å². The van der Waals surface area contributed by atoms with Gasteiger partial charge >= 0.3 is 0 Å². The molecule has 6 heteroatoms. The first-order chi connectivity index (χ1) is 0. The summed E-state index contributed by atoms with van der Waals surface area (Å²) in [6, 6.07) is 0. The molecule has 25 valence electrons. The van der Waals surface area contributed by atoms with Crippen LogP contribution in [-0.4, -0.2) is 123 Å². The van der Waals surface area contributed by atoms with Gasteiger partial charge in [0.1, 0.15) is 0 Å². The molecule has 0 aliphatic rings. The van der Waals surface area contributed by atoms with Gasteiger partial charge in [0.15, 0.2) is 0 Å². The molecular formula is H3CaFeKMgPSi. The van der Waals surface area contributed by atoms with Crippen LogP contribution in [0.3, 0.4) is 0 Å². The zero-order valence-electron chi connectivity index (χ0n) is 3.97. The van der Waals surface area contributed by atoms with E-state index >= 15 is 0 Å². The van der Waals surface area contributed by atoms with E-state index in [4.69, 9.17) is 0 Å². The molecule has 0 aliphatic heterocycles. The van der Waals surface area contributed by atoms with Crippen LogP contribution in [0, 0.1) is 0 Å². The van der Waals surface area contributed by atoms with Gasteiger partial charge in [-0.15, -0.1) is 0 Å². The zero-order valence-corrected chi connectivity index (χ0v) is 14.2. The Morgan fingerprint density at radius 1 is 1.00 bits per heavy atom. The summed E-state index contributed by atoms with van der Waals surface area (Å²) in [5.41, 5.74) is 0. The first kappa shape index (κ1) is 44.9. The molecule has 0 aromatic carbocycles.